The lowest BCUT2D eigenvalue weighted by Crippen LogP contribution is -2.32. The number of carbonyl (C=O) groups is 1. The van der Waals surface area contributed by atoms with Crippen LogP contribution in [0.25, 0.3) is 0 Å². The van der Waals surface area contributed by atoms with Gasteiger partial charge >= 0.3 is 0 Å². The van der Waals surface area contributed by atoms with Crippen molar-refractivity contribution in [1.82, 2.24) is 10.3 Å². The van der Waals surface area contributed by atoms with Crippen LogP contribution in [0.4, 0.5) is 5.69 Å². The highest BCUT2D eigenvalue weighted by Crippen LogP contribution is 2.17. The van der Waals surface area contributed by atoms with Crippen LogP contribution in [0, 0.1) is 0 Å². The molecule has 1 aromatic carbocycles. The molecule has 0 bridgehead atoms. The SMILES string of the molecule is CCC(C)NC(=O)c1cncc(NCCOc2ccc(OC)cc2)c1. The van der Waals surface area contributed by atoms with Crippen molar-refractivity contribution in [2.24, 2.45) is 0 Å². The third-order valence-corrected chi connectivity index (χ3v) is 3.75. The summed E-state index contributed by atoms with van der Waals surface area (Å²) in [6, 6.07) is 9.36. The van der Waals surface area contributed by atoms with Gasteiger partial charge in [0.2, 0.25) is 0 Å². The van der Waals surface area contributed by atoms with Crippen LogP contribution in [0.1, 0.15) is 30.6 Å². The van der Waals surface area contributed by atoms with Crippen LogP contribution in [-0.2, 0) is 0 Å². The zero-order valence-corrected chi connectivity index (χ0v) is 14.9. The highest BCUT2D eigenvalue weighted by atomic mass is 16.5. The van der Waals surface area contributed by atoms with E-state index in [0.29, 0.717) is 18.7 Å². The molecule has 0 fully saturated rings. The number of hydrogen-bond acceptors (Lipinski definition) is 5. The number of aromatic nitrogens is 1. The molecule has 0 aliphatic rings. The van der Waals surface area contributed by atoms with Crippen molar-refractivity contribution in [2.75, 3.05) is 25.6 Å². The zero-order valence-electron chi connectivity index (χ0n) is 14.9. The first-order valence-electron chi connectivity index (χ1n) is 8.39. The van der Waals surface area contributed by atoms with Gasteiger partial charge in [-0.1, -0.05) is 6.92 Å². The Morgan fingerprint density at radius 3 is 2.60 bits per heavy atom. The number of rotatable bonds is 9. The summed E-state index contributed by atoms with van der Waals surface area (Å²) in [5.41, 5.74) is 1.33. The van der Waals surface area contributed by atoms with Crippen molar-refractivity contribution in [3.63, 3.8) is 0 Å². The second kappa shape index (κ2) is 9.52. The molecule has 1 amide bonds. The van der Waals surface area contributed by atoms with Crippen molar-refractivity contribution >= 4 is 11.6 Å². The number of hydrogen-bond donors (Lipinski definition) is 2. The maximum absolute atomic E-state index is 12.1. The van der Waals surface area contributed by atoms with E-state index in [1.165, 1.54) is 0 Å². The number of nitrogens with one attached hydrogen (secondary N) is 2. The number of methoxy groups -OCH3 is 1. The topological polar surface area (TPSA) is 72.5 Å². The molecular formula is C19H25N3O3. The Hall–Kier alpha value is -2.76. The van der Waals surface area contributed by atoms with E-state index in [0.717, 1.165) is 23.6 Å². The molecule has 0 aliphatic carbocycles. The van der Waals surface area contributed by atoms with Crippen LogP contribution >= 0.6 is 0 Å². The first-order chi connectivity index (χ1) is 12.1. The lowest BCUT2D eigenvalue weighted by atomic mass is 10.2. The van der Waals surface area contributed by atoms with Gasteiger partial charge in [-0.25, -0.2) is 0 Å². The van der Waals surface area contributed by atoms with Gasteiger partial charge in [0, 0.05) is 25.0 Å². The summed E-state index contributed by atoms with van der Waals surface area (Å²) in [5, 5.41) is 6.14. The molecule has 0 spiro atoms. The zero-order chi connectivity index (χ0) is 18.1. The van der Waals surface area contributed by atoms with Crippen molar-refractivity contribution in [3.8, 4) is 11.5 Å². The van der Waals surface area contributed by atoms with Gasteiger partial charge in [-0.3, -0.25) is 9.78 Å². The Labute approximate surface area is 148 Å². The van der Waals surface area contributed by atoms with Crippen LogP contribution in [0.15, 0.2) is 42.7 Å². The molecule has 0 radical (unpaired) electrons. The number of amides is 1. The van der Waals surface area contributed by atoms with Gasteiger partial charge in [0.1, 0.15) is 18.1 Å². The molecule has 134 valence electrons. The van der Waals surface area contributed by atoms with Gasteiger partial charge in [0.05, 0.1) is 18.4 Å². The number of benzene rings is 1. The molecule has 1 heterocycles. The van der Waals surface area contributed by atoms with Crippen LogP contribution in [0.2, 0.25) is 0 Å². The molecule has 0 aliphatic heterocycles. The summed E-state index contributed by atoms with van der Waals surface area (Å²) >= 11 is 0. The van der Waals surface area contributed by atoms with E-state index in [9.17, 15) is 4.79 Å². The van der Waals surface area contributed by atoms with Gasteiger partial charge in [0.15, 0.2) is 0 Å². The minimum absolute atomic E-state index is 0.111. The Bertz CT molecular complexity index is 674. The number of pyridine rings is 1. The van der Waals surface area contributed by atoms with Gasteiger partial charge < -0.3 is 20.1 Å². The minimum atomic E-state index is -0.111. The largest absolute Gasteiger partial charge is 0.497 e. The van der Waals surface area contributed by atoms with Crippen molar-refractivity contribution in [2.45, 2.75) is 26.3 Å². The normalized spacial score (nSPS) is 11.5. The molecule has 2 N–H and O–H groups in total. The van der Waals surface area contributed by atoms with Crippen LogP contribution < -0.4 is 20.1 Å². The van der Waals surface area contributed by atoms with Crippen molar-refractivity contribution < 1.29 is 14.3 Å². The molecule has 25 heavy (non-hydrogen) atoms. The summed E-state index contributed by atoms with van der Waals surface area (Å²) in [7, 11) is 1.63. The average Bonchev–Trinajstić information content (AvgIpc) is 2.65. The maximum atomic E-state index is 12.1. The van der Waals surface area contributed by atoms with Crippen molar-refractivity contribution in [1.29, 1.82) is 0 Å². The lowest BCUT2D eigenvalue weighted by molar-refractivity contribution is 0.0939. The maximum Gasteiger partial charge on any atom is 0.253 e. The van der Waals surface area contributed by atoms with Crippen LogP contribution in [0.3, 0.4) is 0 Å². The highest BCUT2D eigenvalue weighted by molar-refractivity contribution is 5.94. The number of nitrogens with zero attached hydrogens (tertiary/aromatic N) is 1. The molecule has 1 atom stereocenters. The molecule has 2 aromatic rings. The molecular weight excluding hydrogens is 318 g/mol. The fraction of sp³-hybridized carbons (Fsp3) is 0.368. The molecule has 1 aromatic heterocycles. The molecule has 1 unspecified atom stereocenters. The lowest BCUT2D eigenvalue weighted by Gasteiger charge is -2.12. The van der Waals surface area contributed by atoms with Gasteiger partial charge in [-0.05, 0) is 43.7 Å². The number of carbonyl (C=O) groups excluding carboxylic acids is 1. The summed E-state index contributed by atoms with van der Waals surface area (Å²) < 4.78 is 10.8. The molecule has 6 nitrogen and oxygen atoms in total. The first-order valence-corrected chi connectivity index (χ1v) is 8.39. The summed E-state index contributed by atoms with van der Waals surface area (Å²) in [6.45, 7) is 5.10. The molecule has 6 heteroatoms. The Morgan fingerprint density at radius 1 is 1.20 bits per heavy atom. The number of anilines is 1. The van der Waals surface area contributed by atoms with E-state index in [4.69, 9.17) is 9.47 Å². The van der Waals surface area contributed by atoms with Crippen LogP contribution in [-0.4, -0.2) is 37.2 Å². The van der Waals surface area contributed by atoms with Gasteiger partial charge in [-0.15, -0.1) is 0 Å². The fourth-order valence-electron chi connectivity index (χ4n) is 2.11. The second-order valence-corrected chi connectivity index (χ2v) is 5.70. The summed E-state index contributed by atoms with van der Waals surface area (Å²) in [4.78, 5) is 16.2. The standard InChI is InChI=1S/C19H25N3O3/c1-4-14(2)22-19(23)15-11-16(13-20-12-15)21-9-10-25-18-7-5-17(24-3)6-8-18/h5-8,11-14,21H,4,9-10H2,1-3H3,(H,22,23). The predicted octanol–water partition coefficient (Wildman–Crippen LogP) is 3.11. The monoisotopic (exact) mass is 343 g/mol. The smallest absolute Gasteiger partial charge is 0.253 e. The molecule has 0 saturated heterocycles. The quantitative estimate of drug-likeness (QED) is 0.685. The first kappa shape index (κ1) is 18.6. The van der Waals surface area contributed by atoms with E-state index in [1.54, 1.807) is 25.6 Å². The Balaban J connectivity index is 1.80. The summed E-state index contributed by atoms with van der Waals surface area (Å²) in [6.07, 6.45) is 4.14. The minimum Gasteiger partial charge on any atom is -0.497 e. The molecule has 0 saturated carbocycles. The Kier molecular flexibility index (Phi) is 7.07. The van der Waals surface area contributed by atoms with Gasteiger partial charge in [0.25, 0.3) is 5.91 Å². The van der Waals surface area contributed by atoms with E-state index in [1.807, 2.05) is 38.1 Å². The Morgan fingerprint density at radius 2 is 1.92 bits per heavy atom. The van der Waals surface area contributed by atoms with Crippen LogP contribution in [0.5, 0.6) is 11.5 Å². The third-order valence-electron chi connectivity index (χ3n) is 3.75. The average molecular weight is 343 g/mol. The second-order valence-electron chi connectivity index (χ2n) is 5.70. The number of ether oxygens (including phenoxy) is 2. The van der Waals surface area contributed by atoms with E-state index >= 15 is 0 Å². The third kappa shape index (κ3) is 5.99. The fourth-order valence-corrected chi connectivity index (χ4v) is 2.11. The highest BCUT2D eigenvalue weighted by Gasteiger charge is 2.09. The van der Waals surface area contributed by atoms with E-state index < -0.39 is 0 Å². The van der Waals surface area contributed by atoms with E-state index in [2.05, 4.69) is 15.6 Å². The van der Waals surface area contributed by atoms with Crippen molar-refractivity contribution in [3.05, 3.63) is 48.3 Å². The van der Waals surface area contributed by atoms with Gasteiger partial charge in [-0.2, -0.15) is 0 Å². The molecule has 2 rings (SSSR count). The summed E-state index contributed by atoms with van der Waals surface area (Å²) in [5.74, 6) is 1.46. The van der Waals surface area contributed by atoms with E-state index in [-0.39, 0.29) is 11.9 Å². The predicted molar refractivity (Wildman–Crippen MR) is 98.4 cm³/mol.